The lowest BCUT2D eigenvalue weighted by Gasteiger charge is -2.37. The maximum absolute atomic E-state index is 5.56. The summed E-state index contributed by atoms with van der Waals surface area (Å²) in [5, 5.41) is 5.77. The first-order valence-electron chi connectivity index (χ1n) is 5.81. The molecule has 90 valence electrons. The molecule has 1 aliphatic carbocycles. The van der Waals surface area contributed by atoms with E-state index in [1.54, 1.807) is 11.3 Å². The zero-order chi connectivity index (χ0) is 11.5. The summed E-state index contributed by atoms with van der Waals surface area (Å²) < 4.78 is 6.78. The Labute approximate surface area is 110 Å². The van der Waals surface area contributed by atoms with E-state index >= 15 is 0 Å². The molecule has 1 aliphatic rings. The Kier molecular flexibility index (Phi) is 4.41. The van der Waals surface area contributed by atoms with Gasteiger partial charge in [-0.2, -0.15) is 0 Å². The van der Waals surface area contributed by atoms with E-state index in [-0.39, 0.29) is 0 Å². The number of nitrogens with one attached hydrogen (secondary N) is 1. The molecule has 16 heavy (non-hydrogen) atoms. The summed E-state index contributed by atoms with van der Waals surface area (Å²) in [7, 11) is 0. The van der Waals surface area contributed by atoms with Crippen molar-refractivity contribution >= 4 is 27.3 Å². The number of thiophene rings is 1. The predicted molar refractivity (Wildman–Crippen MR) is 72.0 cm³/mol. The third-order valence-corrected chi connectivity index (χ3v) is 5.07. The van der Waals surface area contributed by atoms with Crippen molar-refractivity contribution in [3.8, 4) is 0 Å². The van der Waals surface area contributed by atoms with Gasteiger partial charge >= 0.3 is 0 Å². The van der Waals surface area contributed by atoms with Crippen molar-refractivity contribution in [1.82, 2.24) is 5.32 Å². The van der Waals surface area contributed by atoms with Crippen LogP contribution in [0.1, 0.15) is 37.6 Å². The zero-order valence-corrected chi connectivity index (χ0v) is 12.1. The number of rotatable bonds is 5. The van der Waals surface area contributed by atoms with Crippen LogP contribution in [0.5, 0.6) is 0 Å². The zero-order valence-electron chi connectivity index (χ0n) is 9.70. The second-order valence-corrected chi connectivity index (χ2v) is 6.07. The molecule has 1 heterocycles. The summed E-state index contributed by atoms with van der Waals surface area (Å²) in [5.41, 5.74) is 0. The highest BCUT2D eigenvalue weighted by Crippen LogP contribution is 2.31. The summed E-state index contributed by atoms with van der Waals surface area (Å²) >= 11 is 5.38. The van der Waals surface area contributed by atoms with Crippen molar-refractivity contribution in [2.75, 3.05) is 6.61 Å². The van der Waals surface area contributed by atoms with Gasteiger partial charge in [-0.1, -0.05) is 0 Å². The van der Waals surface area contributed by atoms with Crippen molar-refractivity contribution in [2.24, 2.45) is 0 Å². The lowest BCUT2D eigenvalue weighted by atomic mass is 9.88. The van der Waals surface area contributed by atoms with E-state index in [9.17, 15) is 0 Å². The third-order valence-electron chi connectivity index (χ3n) is 3.02. The van der Waals surface area contributed by atoms with E-state index < -0.39 is 0 Å². The van der Waals surface area contributed by atoms with Gasteiger partial charge in [0.25, 0.3) is 0 Å². The van der Waals surface area contributed by atoms with Crippen LogP contribution in [-0.2, 0) is 4.74 Å². The fourth-order valence-electron chi connectivity index (χ4n) is 2.12. The Morgan fingerprint density at radius 3 is 2.94 bits per heavy atom. The van der Waals surface area contributed by atoms with Crippen LogP contribution in [0, 0.1) is 0 Å². The van der Waals surface area contributed by atoms with E-state index in [1.165, 1.54) is 9.35 Å². The lowest BCUT2D eigenvalue weighted by molar-refractivity contribution is -0.0119. The van der Waals surface area contributed by atoms with Crippen LogP contribution >= 0.6 is 27.3 Å². The SMILES string of the molecule is CCOC1CC(NC(C)c2sccc2Br)C1. The van der Waals surface area contributed by atoms with Gasteiger partial charge in [-0.25, -0.2) is 0 Å². The first-order valence-corrected chi connectivity index (χ1v) is 7.48. The second-order valence-electron chi connectivity index (χ2n) is 4.27. The maximum atomic E-state index is 5.56. The Morgan fingerprint density at radius 2 is 2.38 bits per heavy atom. The monoisotopic (exact) mass is 303 g/mol. The molecule has 1 N–H and O–H groups in total. The average molecular weight is 304 g/mol. The minimum atomic E-state index is 0.432. The van der Waals surface area contributed by atoms with E-state index in [2.05, 4.69) is 46.5 Å². The van der Waals surface area contributed by atoms with Crippen LogP contribution in [0.4, 0.5) is 0 Å². The van der Waals surface area contributed by atoms with Gasteiger partial charge in [0.1, 0.15) is 0 Å². The highest BCUT2D eigenvalue weighted by molar-refractivity contribution is 9.10. The molecule has 1 saturated carbocycles. The van der Waals surface area contributed by atoms with Crippen molar-refractivity contribution in [3.63, 3.8) is 0 Å². The van der Waals surface area contributed by atoms with E-state index in [4.69, 9.17) is 4.74 Å². The van der Waals surface area contributed by atoms with Crippen LogP contribution < -0.4 is 5.32 Å². The molecule has 4 heteroatoms. The fourth-order valence-corrected chi connectivity index (χ4v) is 3.85. The predicted octanol–water partition coefficient (Wildman–Crippen LogP) is 3.73. The standard InChI is InChI=1S/C12H18BrNOS/c1-3-15-10-6-9(7-10)14-8(2)12-11(13)4-5-16-12/h4-5,8-10,14H,3,6-7H2,1-2H3. The molecule has 1 fully saturated rings. The van der Waals surface area contributed by atoms with E-state index in [0.717, 1.165) is 19.4 Å². The normalized spacial score (nSPS) is 26.4. The number of halogens is 1. The van der Waals surface area contributed by atoms with Gasteiger partial charge in [0.05, 0.1) is 6.10 Å². The van der Waals surface area contributed by atoms with Crippen LogP contribution in [0.2, 0.25) is 0 Å². The minimum absolute atomic E-state index is 0.432. The molecule has 0 radical (unpaired) electrons. The molecule has 0 spiro atoms. The number of ether oxygens (including phenoxy) is 1. The summed E-state index contributed by atoms with van der Waals surface area (Å²) in [5.74, 6) is 0. The maximum Gasteiger partial charge on any atom is 0.0604 e. The summed E-state index contributed by atoms with van der Waals surface area (Å²) in [4.78, 5) is 1.39. The molecule has 0 amide bonds. The molecule has 0 aliphatic heterocycles. The van der Waals surface area contributed by atoms with Gasteiger partial charge in [-0.15, -0.1) is 11.3 Å². The van der Waals surface area contributed by atoms with Gasteiger partial charge in [0, 0.05) is 28.0 Å². The molecule has 0 bridgehead atoms. The highest BCUT2D eigenvalue weighted by Gasteiger charge is 2.30. The Bertz CT molecular complexity index is 336. The van der Waals surface area contributed by atoms with Crippen LogP contribution in [0.15, 0.2) is 15.9 Å². The van der Waals surface area contributed by atoms with Gasteiger partial charge < -0.3 is 10.1 Å². The van der Waals surface area contributed by atoms with E-state index in [0.29, 0.717) is 18.2 Å². The van der Waals surface area contributed by atoms with Gasteiger partial charge in [0.15, 0.2) is 0 Å². The molecule has 2 rings (SSSR count). The molecule has 0 aromatic carbocycles. The molecular formula is C12H18BrNOS. The first-order chi connectivity index (χ1) is 7.70. The number of hydrogen-bond donors (Lipinski definition) is 1. The molecule has 1 aromatic rings. The molecule has 0 saturated heterocycles. The van der Waals surface area contributed by atoms with Gasteiger partial charge in [-0.3, -0.25) is 0 Å². The highest BCUT2D eigenvalue weighted by atomic mass is 79.9. The van der Waals surface area contributed by atoms with Crippen molar-refractivity contribution < 1.29 is 4.74 Å². The van der Waals surface area contributed by atoms with Crippen molar-refractivity contribution in [2.45, 2.75) is 44.9 Å². The smallest absolute Gasteiger partial charge is 0.0604 e. The second kappa shape index (κ2) is 5.63. The Balaban J connectivity index is 1.77. The summed E-state index contributed by atoms with van der Waals surface area (Å²) in [6.45, 7) is 5.13. The van der Waals surface area contributed by atoms with Gasteiger partial charge in [0.2, 0.25) is 0 Å². The van der Waals surface area contributed by atoms with Crippen molar-refractivity contribution in [3.05, 3.63) is 20.8 Å². The number of hydrogen-bond acceptors (Lipinski definition) is 3. The van der Waals surface area contributed by atoms with Gasteiger partial charge in [-0.05, 0) is 54.1 Å². The lowest BCUT2D eigenvalue weighted by Crippen LogP contribution is -2.46. The van der Waals surface area contributed by atoms with Crippen molar-refractivity contribution in [1.29, 1.82) is 0 Å². The minimum Gasteiger partial charge on any atom is -0.378 e. The summed E-state index contributed by atoms with van der Waals surface area (Å²) in [6, 6.07) is 3.17. The van der Waals surface area contributed by atoms with Crippen LogP contribution in [0.3, 0.4) is 0 Å². The quantitative estimate of drug-likeness (QED) is 0.895. The van der Waals surface area contributed by atoms with E-state index in [1.807, 2.05) is 0 Å². The molecular weight excluding hydrogens is 286 g/mol. The largest absolute Gasteiger partial charge is 0.378 e. The fraction of sp³-hybridized carbons (Fsp3) is 0.667. The average Bonchev–Trinajstić information content (AvgIpc) is 2.61. The van der Waals surface area contributed by atoms with Crippen LogP contribution in [0.25, 0.3) is 0 Å². The molecule has 1 atom stereocenters. The Morgan fingerprint density at radius 1 is 1.62 bits per heavy atom. The molecule has 1 unspecified atom stereocenters. The first kappa shape index (κ1) is 12.6. The molecule has 1 aromatic heterocycles. The Hall–Kier alpha value is 0.100. The summed E-state index contributed by atoms with van der Waals surface area (Å²) in [6.07, 6.45) is 2.80. The topological polar surface area (TPSA) is 21.3 Å². The van der Waals surface area contributed by atoms with Crippen LogP contribution in [-0.4, -0.2) is 18.8 Å². The molecule has 2 nitrogen and oxygen atoms in total. The third kappa shape index (κ3) is 2.86.